The van der Waals surface area contributed by atoms with E-state index in [4.69, 9.17) is 4.74 Å². The number of amides is 2. The van der Waals surface area contributed by atoms with E-state index in [0.717, 1.165) is 24.2 Å². The van der Waals surface area contributed by atoms with E-state index >= 15 is 0 Å². The number of benzene rings is 2. The summed E-state index contributed by atoms with van der Waals surface area (Å²) in [4.78, 5) is 23.9. The quantitative estimate of drug-likeness (QED) is 0.715. The lowest BCUT2D eigenvalue weighted by Gasteiger charge is -2.23. The molecule has 3 rings (SSSR count). The Labute approximate surface area is 170 Å². The van der Waals surface area contributed by atoms with E-state index in [-0.39, 0.29) is 36.7 Å². The normalized spacial score (nSPS) is 14.2. The molecule has 0 aliphatic heterocycles. The fourth-order valence-electron chi connectivity index (χ4n) is 3.44. The first kappa shape index (κ1) is 20.8. The topological polar surface area (TPSA) is 67.4 Å². The van der Waals surface area contributed by atoms with Crippen LogP contribution in [0.5, 0.6) is 5.75 Å². The summed E-state index contributed by atoms with van der Waals surface area (Å²) in [7, 11) is 0. The molecule has 0 bridgehead atoms. The van der Waals surface area contributed by atoms with Gasteiger partial charge in [0.25, 0.3) is 0 Å². The molecule has 0 saturated heterocycles. The summed E-state index contributed by atoms with van der Waals surface area (Å²) in [6.07, 6.45) is 6.21. The number of halogens is 1. The highest BCUT2D eigenvalue weighted by Gasteiger charge is 2.15. The van der Waals surface area contributed by atoms with Crippen molar-refractivity contribution < 1.29 is 18.7 Å². The molecule has 1 saturated carbocycles. The lowest BCUT2D eigenvalue weighted by atomic mass is 9.98. The van der Waals surface area contributed by atoms with Crippen LogP contribution in [0.4, 0.5) is 4.39 Å². The number of rotatable bonds is 8. The largest absolute Gasteiger partial charge is 0.490 e. The average Bonchev–Trinajstić information content (AvgIpc) is 2.72. The zero-order valence-electron chi connectivity index (χ0n) is 16.5. The van der Waals surface area contributed by atoms with Crippen LogP contribution in [0.1, 0.15) is 43.2 Å². The Morgan fingerprint density at radius 1 is 0.931 bits per heavy atom. The number of carbonyl (C=O) groups excluding carboxylic acids is 2. The second-order valence-electron chi connectivity index (χ2n) is 7.39. The zero-order valence-corrected chi connectivity index (χ0v) is 16.5. The third kappa shape index (κ3) is 7.22. The molecule has 5 nitrogen and oxygen atoms in total. The Kier molecular flexibility index (Phi) is 7.61. The molecule has 154 valence electrons. The van der Waals surface area contributed by atoms with Gasteiger partial charge in [-0.1, -0.05) is 30.7 Å². The average molecular weight is 398 g/mol. The van der Waals surface area contributed by atoms with Gasteiger partial charge in [-0.05, 0) is 61.1 Å². The maximum absolute atomic E-state index is 13.1. The SMILES string of the molecule is O=C(CNC(=O)Cc1cccc(F)c1)NCc1cccc(OC2CCCCC2)c1. The summed E-state index contributed by atoms with van der Waals surface area (Å²) in [5, 5.41) is 5.34. The second-order valence-corrected chi connectivity index (χ2v) is 7.39. The summed E-state index contributed by atoms with van der Waals surface area (Å²) < 4.78 is 19.2. The van der Waals surface area contributed by atoms with Crippen LogP contribution < -0.4 is 15.4 Å². The van der Waals surface area contributed by atoms with Crippen molar-refractivity contribution in [1.29, 1.82) is 0 Å². The number of carbonyl (C=O) groups is 2. The molecule has 0 spiro atoms. The first-order valence-corrected chi connectivity index (χ1v) is 10.1. The first-order chi connectivity index (χ1) is 14.1. The Bertz CT molecular complexity index is 834. The molecule has 2 aromatic rings. The Hall–Kier alpha value is -2.89. The van der Waals surface area contributed by atoms with Crippen molar-refractivity contribution in [3.63, 3.8) is 0 Å². The molecule has 2 aromatic carbocycles. The number of hydrogen-bond acceptors (Lipinski definition) is 3. The Morgan fingerprint density at radius 2 is 1.69 bits per heavy atom. The highest BCUT2D eigenvalue weighted by atomic mass is 19.1. The minimum absolute atomic E-state index is 0.0333. The van der Waals surface area contributed by atoms with Crippen LogP contribution in [0, 0.1) is 5.82 Å². The van der Waals surface area contributed by atoms with Gasteiger partial charge >= 0.3 is 0 Å². The molecular formula is C23H27FN2O3. The standard InChI is InChI=1S/C23H27FN2O3/c24-19-8-4-6-17(12-19)14-22(27)26-16-23(28)25-15-18-7-5-11-21(13-18)29-20-9-2-1-3-10-20/h4-8,11-13,20H,1-3,9-10,14-16H2,(H,25,28)(H,26,27). The van der Waals surface area contributed by atoms with Crippen LogP contribution in [0.3, 0.4) is 0 Å². The van der Waals surface area contributed by atoms with Crippen molar-refractivity contribution in [2.24, 2.45) is 0 Å². The van der Waals surface area contributed by atoms with E-state index in [1.807, 2.05) is 24.3 Å². The fourth-order valence-corrected chi connectivity index (χ4v) is 3.44. The fraction of sp³-hybridized carbons (Fsp3) is 0.391. The minimum Gasteiger partial charge on any atom is -0.490 e. The number of nitrogens with one attached hydrogen (secondary N) is 2. The Balaban J connectivity index is 1.39. The first-order valence-electron chi connectivity index (χ1n) is 10.1. The van der Waals surface area contributed by atoms with E-state index in [2.05, 4.69) is 10.6 Å². The molecule has 6 heteroatoms. The van der Waals surface area contributed by atoms with Crippen LogP contribution in [-0.4, -0.2) is 24.5 Å². The third-order valence-electron chi connectivity index (χ3n) is 4.94. The van der Waals surface area contributed by atoms with Crippen LogP contribution in [0.25, 0.3) is 0 Å². The van der Waals surface area contributed by atoms with Crippen LogP contribution in [0.15, 0.2) is 48.5 Å². The number of ether oxygens (including phenoxy) is 1. The molecule has 0 aromatic heterocycles. The molecule has 1 fully saturated rings. The predicted molar refractivity (Wildman–Crippen MR) is 109 cm³/mol. The highest BCUT2D eigenvalue weighted by Crippen LogP contribution is 2.23. The molecule has 0 heterocycles. The highest BCUT2D eigenvalue weighted by molar-refractivity contribution is 5.85. The molecule has 0 radical (unpaired) electrons. The lowest BCUT2D eigenvalue weighted by Crippen LogP contribution is -2.37. The Morgan fingerprint density at radius 3 is 2.48 bits per heavy atom. The maximum atomic E-state index is 13.1. The van der Waals surface area contributed by atoms with Crippen molar-refractivity contribution in [3.05, 3.63) is 65.5 Å². The van der Waals surface area contributed by atoms with E-state index in [0.29, 0.717) is 12.1 Å². The van der Waals surface area contributed by atoms with Crippen LogP contribution >= 0.6 is 0 Å². The van der Waals surface area contributed by atoms with Gasteiger partial charge in [0.05, 0.1) is 19.1 Å². The predicted octanol–water partition coefficient (Wildman–Crippen LogP) is 3.51. The maximum Gasteiger partial charge on any atom is 0.239 e. The molecule has 2 amide bonds. The lowest BCUT2D eigenvalue weighted by molar-refractivity contribution is -0.125. The zero-order chi connectivity index (χ0) is 20.5. The van der Waals surface area contributed by atoms with Crippen molar-refractivity contribution in [2.45, 2.75) is 51.2 Å². The van der Waals surface area contributed by atoms with Gasteiger partial charge in [-0.15, -0.1) is 0 Å². The van der Waals surface area contributed by atoms with E-state index < -0.39 is 0 Å². The third-order valence-corrected chi connectivity index (χ3v) is 4.94. The van der Waals surface area contributed by atoms with Gasteiger partial charge in [-0.3, -0.25) is 9.59 Å². The van der Waals surface area contributed by atoms with Crippen LogP contribution in [0.2, 0.25) is 0 Å². The smallest absolute Gasteiger partial charge is 0.239 e. The summed E-state index contributed by atoms with van der Waals surface area (Å²) in [6, 6.07) is 13.6. The van der Waals surface area contributed by atoms with Crippen LogP contribution in [-0.2, 0) is 22.6 Å². The van der Waals surface area contributed by atoms with Gasteiger partial charge in [0, 0.05) is 6.54 Å². The van der Waals surface area contributed by atoms with Gasteiger partial charge in [0.15, 0.2) is 0 Å². The van der Waals surface area contributed by atoms with Gasteiger partial charge in [-0.25, -0.2) is 4.39 Å². The van der Waals surface area contributed by atoms with Gasteiger partial charge < -0.3 is 15.4 Å². The van der Waals surface area contributed by atoms with Crippen molar-refractivity contribution in [3.8, 4) is 5.75 Å². The summed E-state index contributed by atoms with van der Waals surface area (Å²) in [6.45, 7) is 0.243. The monoisotopic (exact) mass is 398 g/mol. The van der Waals surface area contributed by atoms with Gasteiger partial charge in [0.2, 0.25) is 11.8 Å². The molecular weight excluding hydrogens is 371 g/mol. The molecule has 2 N–H and O–H groups in total. The van der Waals surface area contributed by atoms with E-state index in [1.165, 1.54) is 31.4 Å². The molecule has 0 atom stereocenters. The second kappa shape index (κ2) is 10.6. The van der Waals surface area contributed by atoms with E-state index in [9.17, 15) is 14.0 Å². The van der Waals surface area contributed by atoms with Crippen molar-refractivity contribution >= 4 is 11.8 Å². The summed E-state index contributed by atoms with van der Waals surface area (Å²) in [5.41, 5.74) is 1.51. The molecule has 1 aliphatic carbocycles. The number of hydrogen-bond donors (Lipinski definition) is 2. The van der Waals surface area contributed by atoms with Gasteiger partial charge in [-0.2, -0.15) is 0 Å². The molecule has 29 heavy (non-hydrogen) atoms. The van der Waals surface area contributed by atoms with Crippen molar-refractivity contribution in [2.75, 3.05) is 6.54 Å². The van der Waals surface area contributed by atoms with Gasteiger partial charge in [0.1, 0.15) is 11.6 Å². The van der Waals surface area contributed by atoms with Crippen molar-refractivity contribution in [1.82, 2.24) is 10.6 Å². The summed E-state index contributed by atoms with van der Waals surface area (Å²) in [5.74, 6) is -0.167. The molecule has 1 aliphatic rings. The minimum atomic E-state index is -0.386. The summed E-state index contributed by atoms with van der Waals surface area (Å²) >= 11 is 0. The molecule has 0 unspecified atom stereocenters. The van der Waals surface area contributed by atoms with E-state index in [1.54, 1.807) is 12.1 Å².